The van der Waals surface area contributed by atoms with Crippen LogP contribution in [0.2, 0.25) is 0 Å². The van der Waals surface area contributed by atoms with E-state index in [1.807, 2.05) is 0 Å². The van der Waals surface area contributed by atoms with E-state index >= 15 is 0 Å². The van der Waals surface area contributed by atoms with Crippen molar-refractivity contribution in [2.45, 2.75) is 124 Å². The fraction of sp³-hybridized carbons (Fsp3) is 0.297. The van der Waals surface area contributed by atoms with Crippen LogP contribution in [0.25, 0.3) is 78.7 Å². The van der Waals surface area contributed by atoms with E-state index in [1.54, 1.807) is 0 Å². The molecular weight excluding hydrogens is 811 g/mol. The number of rotatable bonds is 6. The van der Waals surface area contributed by atoms with Gasteiger partial charge >= 0.3 is 0 Å². The van der Waals surface area contributed by atoms with Gasteiger partial charge in [-0.05, 0) is 106 Å². The summed E-state index contributed by atoms with van der Waals surface area (Å²) in [5.41, 5.74) is 20.7. The van der Waals surface area contributed by atoms with Gasteiger partial charge in [-0.15, -0.1) is 0 Å². The molecular formula is C64H67N3. The van der Waals surface area contributed by atoms with Crippen LogP contribution in [0, 0.1) is 0 Å². The summed E-state index contributed by atoms with van der Waals surface area (Å²) >= 11 is 0. The third-order valence-corrected chi connectivity index (χ3v) is 14.0. The van der Waals surface area contributed by atoms with Crippen LogP contribution >= 0.6 is 0 Å². The van der Waals surface area contributed by atoms with Crippen LogP contribution in [-0.4, -0.2) is 15.0 Å². The van der Waals surface area contributed by atoms with Crippen molar-refractivity contribution in [1.29, 1.82) is 0 Å². The Bertz CT molecular complexity index is 2950. The average molecular weight is 878 g/mol. The predicted octanol–water partition coefficient (Wildman–Crippen LogP) is 17.4. The van der Waals surface area contributed by atoms with E-state index < -0.39 is 0 Å². The summed E-state index contributed by atoms with van der Waals surface area (Å²) in [7, 11) is 0. The Balaban J connectivity index is 1.16. The molecule has 0 spiro atoms. The fourth-order valence-corrected chi connectivity index (χ4v) is 9.53. The zero-order chi connectivity index (χ0) is 47.8. The van der Waals surface area contributed by atoms with E-state index in [4.69, 9.17) is 15.0 Å². The molecule has 7 aromatic carbocycles. The predicted molar refractivity (Wildman–Crippen MR) is 285 cm³/mol. The zero-order valence-corrected chi connectivity index (χ0v) is 42.3. The van der Waals surface area contributed by atoms with Gasteiger partial charge in [-0.3, -0.25) is 0 Å². The molecule has 1 aliphatic carbocycles. The first kappa shape index (κ1) is 45.7. The maximum Gasteiger partial charge on any atom is 0.164 e. The van der Waals surface area contributed by atoms with Gasteiger partial charge in [-0.2, -0.15) is 0 Å². The lowest BCUT2D eigenvalue weighted by molar-refractivity contribution is 0.568. The maximum absolute atomic E-state index is 5.27. The summed E-state index contributed by atoms with van der Waals surface area (Å²) in [6.07, 6.45) is 0. The fourth-order valence-electron chi connectivity index (χ4n) is 9.53. The van der Waals surface area contributed by atoms with Gasteiger partial charge in [0.1, 0.15) is 0 Å². The van der Waals surface area contributed by atoms with Crippen LogP contribution in [0.1, 0.15) is 130 Å². The minimum Gasteiger partial charge on any atom is -0.208 e. The van der Waals surface area contributed by atoms with Crippen molar-refractivity contribution in [3.8, 4) is 78.7 Å². The highest BCUT2D eigenvalue weighted by Gasteiger charge is 2.36. The van der Waals surface area contributed by atoms with Crippen molar-refractivity contribution in [3.05, 3.63) is 185 Å². The van der Waals surface area contributed by atoms with Crippen LogP contribution in [0.5, 0.6) is 0 Å². The maximum atomic E-state index is 5.27. The second-order valence-corrected chi connectivity index (χ2v) is 23.5. The molecule has 1 heterocycles. The number of hydrogen-bond acceptors (Lipinski definition) is 3. The highest BCUT2D eigenvalue weighted by atomic mass is 15.0. The van der Waals surface area contributed by atoms with E-state index in [2.05, 4.69) is 249 Å². The van der Waals surface area contributed by atoms with Crippen LogP contribution in [0.3, 0.4) is 0 Å². The molecule has 3 heteroatoms. The quantitative estimate of drug-likeness (QED) is 0.167. The lowest BCUT2D eigenvalue weighted by atomic mass is 9.79. The first-order valence-corrected chi connectivity index (χ1v) is 24.1. The van der Waals surface area contributed by atoms with Crippen LogP contribution in [0.15, 0.2) is 152 Å². The molecule has 0 atom stereocenters. The highest BCUT2D eigenvalue weighted by molar-refractivity contribution is 5.93. The largest absolute Gasteiger partial charge is 0.208 e. The topological polar surface area (TPSA) is 38.7 Å². The summed E-state index contributed by atoms with van der Waals surface area (Å²) in [4.78, 5) is 15.8. The number of fused-ring (bicyclic) bond motifs is 3. The second-order valence-electron chi connectivity index (χ2n) is 23.5. The third-order valence-electron chi connectivity index (χ3n) is 14.0. The minimum atomic E-state index is -0.0861. The number of hydrogen-bond donors (Lipinski definition) is 0. The molecule has 0 aliphatic heterocycles. The summed E-state index contributed by atoms with van der Waals surface area (Å²) in [6.45, 7) is 32.2. The van der Waals surface area contributed by atoms with Gasteiger partial charge in [0.15, 0.2) is 17.5 Å². The van der Waals surface area contributed by atoms with Crippen molar-refractivity contribution >= 4 is 0 Å². The Morgan fingerprint density at radius 2 is 0.657 bits per heavy atom. The summed E-state index contributed by atoms with van der Waals surface area (Å²) in [6, 6.07) is 56.0. The molecule has 0 N–H and O–H groups in total. The second kappa shape index (κ2) is 16.4. The van der Waals surface area contributed by atoms with Crippen LogP contribution in [0.4, 0.5) is 0 Å². The van der Waals surface area contributed by atoms with Crippen molar-refractivity contribution in [3.63, 3.8) is 0 Å². The lowest BCUT2D eigenvalue weighted by Crippen LogP contribution is -2.16. The third kappa shape index (κ3) is 8.94. The van der Waals surface area contributed by atoms with Gasteiger partial charge in [0.25, 0.3) is 0 Å². The molecule has 0 radical (unpaired) electrons. The normalized spacial score (nSPS) is 13.6. The van der Waals surface area contributed by atoms with E-state index in [-0.39, 0.29) is 27.1 Å². The smallest absolute Gasteiger partial charge is 0.164 e. The van der Waals surface area contributed by atoms with Gasteiger partial charge in [0, 0.05) is 22.1 Å². The molecule has 0 fully saturated rings. The molecule has 0 saturated carbocycles. The van der Waals surface area contributed by atoms with E-state index in [0.29, 0.717) is 17.5 Å². The average Bonchev–Trinajstić information content (AvgIpc) is 3.53. The van der Waals surface area contributed by atoms with Crippen molar-refractivity contribution in [2.75, 3.05) is 0 Å². The van der Waals surface area contributed by atoms with Crippen molar-refractivity contribution < 1.29 is 0 Å². The summed E-state index contributed by atoms with van der Waals surface area (Å²) in [5, 5.41) is 0. The van der Waals surface area contributed by atoms with Crippen LogP contribution < -0.4 is 0 Å². The molecule has 1 aromatic heterocycles. The van der Waals surface area contributed by atoms with Crippen LogP contribution in [-0.2, 0) is 27.1 Å². The first-order valence-electron chi connectivity index (χ1n) is 24.1. The Morgan fingerprint density at radius 1 is 0.299 bits per heavy atom. The molecule has 0 saturated heterocycles. The van der Waals surface area contributed by atoms with Crippen molar-refractivity contribution in [2.24, 2.45) is 0 Å². The number of aromatic nitrogens is 3. The molecule has 0 amide bonds. The standard InChI is InChI=1S/C64H67N3/c1-60(2,3)48-34-46(35-49(38-48)61(4,5)6)40-25-29-42(30-26-40)57-65-58(43-31-27-41(28-32-43)47-36-50(62(7,8)9)39-51(37-47)63(10,11)12)67-59(66-57)45-20-17-19-44(33-45)52-22-18-24-55-56(52)53-21-15-16-23-54(53)64(55,13)14/h15-39H,1-14H3. The van der Waals surface area contributed by atoms with Crippen molar-refractivity contribution in [1.82, 2.24) is 15.0 Å². The molecule has 9 rings (SSSR count). The Hall–Kier alpha value is -6.45. The Labute approximate surface area is 400 Å². The molecule has 1 aliphatic rings. The SMILES string of the molecule is CC(C)(C)c1cc(-c2ccc(-c3nc(-c4ccc(-c5cc(C(C)(C)C)cc(C(C)(C)C)c5)cc4)nc(-c4cccc(-c5cccc6c5-c5ccccc5C6(C)C)c4)n3)cc2)cc(C(C)(C)C)c1. The molecule has 8 aromatic rings. The monoisotopic (exact) mass is 878 g/mol. The summed E-state index contributed by atoms with van der Waals surface area (Å²) in [5.74, 6) is 1.93. The Morgan fingerprint density at radius 3 is 1.10 bits per heavy atom. The number of benzene rings is 7. The van der Waals surface area contributed by atoms with Gasteiger partial charge in [-0.1, -0.05) is 243 Å². The molecule has 0 unspecified atom stereocenters. The lowest BCUT2D eigenvalue weighted by Gasteiger charge is -2.26. The molecule has 3 nitrogen and oxygen atoms in total. The molecule has 338 valence electrons. The molecule has 0 bridgehead atoms. The Kier molecular flexibility index (Phi) is 11.2. The number of nitrogens with zero attached hydrogens (tertiary/aromatic N) is 3. The van der Waals surface area contributed by atoms with Gasteiger partial charge in [0.2, 0.25) is 0 Å². The highest BCUT2D eigenvalue weighted by Crippen LogP contribution is 2.52. The van der Waals surface area contributed by atoms with Gasteiger partial charge in [0.05, 0.1) is 0 Å². The van der Waals surface area contributed by atoms with E-state index in [1.165, 1.54) is 72.3 Å². The first-order chi connectivity index (χ1) is 31.4. The van der Waals surface area contributed by atoms with Gasteiger partial charge < -0.3 is 0 Å². The zero-order valence-electron chi connectivity index (χ0n) is 42.3. The summed E-state index contributed by atoms with van der Waals surface area (Å²) < 4.78 is 0. The van der Waals surface area contributed by atoms with E-state index in [9.17, 15) is 0 Å². The molecule has 67 heavy (non-hydrogen) atoms. The van der Waals surface area contributed by atoms with E-state index in [0.717, 1.165) is 22.3 Å². The van der Waals surface area contributed by atoms with Gasteiger partial charge in [-0.25, -0.2) is 15.0 Å². The minimum absolute atomic E-state index is 0.0244.